The Morgan fingerprint density at radius 3 is 2.25 bits per heavy atom. The molecule has 0 radical (unpaired) electrons. The topological polar surface area (TPSA) is 32.3 Å². The molecule has 7 heteroatoms. The summed E-state index contributed by atoms with van der Waals surface area (Å²) in [6, 6.07) is -0.396. The Hall–Kier alpha value is -0.563. The SMILES string of the molecule is CC(C)(C)[Si](C)(C)N1CCCC(NC(=O)C(F)(F)F)C1. The molecule has 0 aromatic carbocycles. The van der Waals surface area contributed by atoms with E-state index in [1.807, 2.05) is 0 Å². The molecule has 1 N–H and O–H groups in total. The lowest BCUT2D eigenvalue weighted by Crippen LogP contribution is -2.61. The molecule has 0 aliphatic carbocycles. The first-order valence-electron chi connectivity index (χ1n) is 6.98. The number of amides is 1. The molecular formula is C13H25F3N2OSi. The zero-order chi connectivity index (χ0) is 15.8. The number of nitrogens with one attached hydrogen (secondary N) is 1. The summed E-state index contributed by atoms with van der Waals surface area (Å²) < 4.78 is 39.2. The summed E-state index contributed by atoms with van der Waals surface area (Å²) in [5.41, 5.74) is 0. The van der Waals surface area contributed by atoms with Crippen molar-refractivity contribution in [3.05, 3.63) is 0 Å². The number of carbonyl (C=O) groups is 1. The highest BCUT2D eigenvalue weighted by Gasteiger charge is 2.44. The van der Waals surface area contributed by atoms with Gasteiger partial charge < -0.3 is 9.88 Å². The summed E-state index contributed by atoms with van der Waals surface area (Å²) in [5, 5.41) is 2.27. The van der Waals surface area contributed by atoms with Crippen LogP contribution in [0.5, 0.6) is 0 Å². The van der Waals surface area contributed by atoms with Gasteiger partial charge in [0.05, 0.1) is 0 Å². The summed E-state index contributed by atoms with van der Waals surface area (Å²) >= 11 is 0. The molecular weight excluding hydrogens is 285 g/mol. The molecule has 1 saturated heterocycles. The number of hydrogen-bond donors (Lipinski definition) is 1. The van der Waals surface area contributed by atoms with E-state index in [2.05, 4.69) is 43.7 Å². The van der Waals surface area contributed by atoms with E-state index in [9.17, 15) is 18.0 Å². The highest BCUT2D eigenvalue weighted by molar-refractivity contribution is 6.77. The van der Waals surface area contributed by atoms with Gasteiger partial charge in [-0.2, -0.15) is 13.2 Å². The number of carbonyl (C=O) groups excluding carboxylic acids is 1. The van der Waals surface area contributed by atoms with E-state index in [0.29, 0.717) is 13.0 Å². The van der Waals surface area contributed by atoms with E-state index in [1.165, 1.54) is 0 Å². The van der Waals surface area contributed by atoms with E-state index in [-0.39, 0.29) is 5.04 Å². The summed E-state index contributed by atoms with van der Waals surface area (Å²) in [6.45, 7) is 12.4. The van der Waals surface area contributed by atoms with Crippen LogP contribution in [0.1, 0.15) is 33.6 Å². The Bertz CT molecular complexity index is 364. The van der Waals surface area contributed by atoms with Gasteiger partial charge >= 0.3 is 12.1 Å². The average Bonchev–Trinajstić information content (AvgIpc) is 2.26. The average molecular weight is 310 g/mol. The van der Waals surface area contributed by atoms with Gasteiger partial charge in [0.15, 0.2) is 0 Å². The van der Waals surface area contributed by atoms with Crippen molar-refractivity contribution >= 4 is 14.1 Å². The zero-order valence-corrected chi connectivity index (χ0v) is 13.9. The van der Waals surface area contributed by atoms with E-state index in [4.69, 9.17) is 0 Å². The minimum atomic E-state index is -4.79. The Kier molecular flexibility index (Phi) is 4.96. The molecule has 3 nitrogen and oxygen atoms in total. The van der Waals surface area contributed by atoms with Crippen LogP contribution < -0.4 is 5.32 Å². The Morgan fingerprint density at radius 2 is 1.80 bits per heavy atom. The molecule has 1 rings (SSSR count). The highest BCUT2D eigenvalue weighted by Crippen LogP contribution is 2.39. The van der Waals surface area contributed by atoms with Crippen molar-refractivity contribution in [2.24, 2.45) is 0 Å². The molecule has 20 heavy (non-hydrogen) atoms. The van der Waals surface area contributed by atoms with E-state index < -0.39 is 26.4 Å². The number of hydrogen-bond acceptors (Lipinski definition) is 2. The monoisotopic (exact) mass is 310 g/mol. The smallest absolute Gasteiger partial charge is 0.344 e. The lowest BCUT2D eigenvalue weighted by atomic mass is 10.1. The van der Waals surface area contributed by atoms with Crippen LogP contribution in [0.15, 0.2) is 0 Å². The van der Waals surface area contributed by atoms with Gasteiger partial charge in [0, 0.05) is 12.6 Å². The first kappa shape index (κ1) is 17.5. The van der Waals surface area contributed by atoms with Gasteiger partial charge in [0.1, 0.15) is 8.24 Å². The molecule has 1 unspecified atom stereocenters. The predicted molar refractivity (Wildman–Crippen MR) is 76.0 cm³/mol. The van der Waals surface area contributed by atoms with Crippen molar-refractivity contribution in [2.75, 3.05) is 13.1 Å². The van der Waals surface area contributed by atoms with Gasteiger partial charge in [0.2, 0.25) is 0 Å². The molecule has 0 bridgehead atoms. The molecule has 0 aromatic heterocycles. The van der Waals surface area contributed by atoms with Crippen molar-refractivity contribution in [3.63, 3.8) is 0 Å². The van der Waals surface area contributed by atoms with Gasteiger partial charge in [-0.25, -0.2) is 0 Å². The minimum Gasteiger partial charge on any atom is -0.344 e. The molecule has 1 amide bonds. The lowest BCUT2D eigenvalue weighted by molar-refractivity contribution is -0.174. The highest BCUT2D eigenvalue weighted by atomic mass is 28.3. The summed E-state index contributed by atoms with van der Waals surface area (Å²) in [5.74, 6) is -1.82. The maximum absolute atomic E-state index is 12.3. The van der Waals surface area contributed by atoms with E-state index in [0.717, 1.165) is 13.0 Å². The molecule has 1 aliphatic heterocycles. The molecule has 118 valence electrons. The van der Waals surface area contributed by atoms with Crippen LogP contribution in [-0.2, 0) is 4.79 Å². The Labute approximate surface area is 120 Å². The fourth-order valence-corrected chi connectivity index (χ4v) is 4.69. The van der Waals surface area contributed by atoms with Gasteiger partial charge in [-0.15, -0.1) is 0 Å². The second-order valence-corrected chi connectivity index (χ2v) is 12.3. The quantitative estimate of drug-likeness (QED) is 0.795. The fraction of sp³-hybridized carbons (Fsp3) is 0.923. The van der Waals surface area contributed by atoms with Gasteiger partial charge in [-0.3, -0.25) is 4.79 Å². The first-order valence-corrected chi connectivity index (χ1v) is 9.93. The van der Waals surface area contributed by atoms with Crippen molar-refractivity contribution in [3.8, 4) is 0 Å². The largest absolute Gasteiger partial charge is 0.471 e. The summed E-state index contributed by atoms with van der Waals surface area (Å²) in [4.78, 5) is 11.0. The third-order valence-electron chi connectivity index (χ3n) is 4.64. The zero-order valence-electron chi connectivity index (χ0n) is 12.9. The Balaban J connectivity index is 2.71. The molecule has 1 atom stereocenters. The van der Waals surface area contributed by atoms with Gasteiger partial charge in [0.25, 0.3) is 0 Å². The maximum Gasteiger partial charge on any atom is 0.471 e. The van der Waals surface area contributed by atoms with Crippen LogP contribution in [0.25, 0.3) is 0 Å². The molecule has 0 aromatic rings. The van der Waals surface area contributed by atoms with Crippen LogP contribution in [0, 0.1) is 0 Å². The maximum atomic E-state index is 12.3. The van der Waals surface area contributed by atoms with Crippen LogP contribution in [0.3, 0.4) is 0 Å². The van der Waals surface area contributed by atoms with Crippen LogP contribution in [0.2, 0.25) is 18.1 Å². The third kappa shape index (κ3) is 3.97. The number of nitrogens with zero attached hydrogens (tertiary/aromatic N) is 1. The second-order valence-electron chi connectivity index (χ2n) is 7.07. The van der Waals surface area contributed by atoms with Crippen LogP contribution in [-0.4, -0.2) is 44.0 Å². The molecule has 1 fully saturated rings. The first-order chi connectivity index (χ1) is 8.85. The van der Waals surface area contributed by atoms with Crippen molar-refractivity contribution in [2.45, 2.75) is 64.0 Å². The molecule has 1 aliphatic rings. The van der Waals surface area contributed by atoms with Gasteiger partial charge in [-0.05, 0) is 24.4 Å². The fourth-order valence-electron chi connectivity index (χ4n) is 2.34. The predicted octanol–water partition coefficient (Wildman–Crippen LogP) is 3.13. The summed E-state index contributed by atoms with van der Waals surface area (Å²) in [6.07, 6.45) is -3.35. The summed E-state index contributed by atoms with van der Waals surface area (Å²) in [7, 11) is -1.74. The Morgan fingerprint density at radius 1 is 1.25 bits per heavy atom. The normalized spacial score (nSPS) is 22.7. The van der Waals surface area contributed by atoms with Crippen molar-refractivity contribution < 1.29 is 18.0 Å². The second kappa shape index (κ2) is 5.67. The van der Waals surface area contributed by atoms with Crippen LogP contribution in [0.4, 0.5) is 13.2 Å². The van der Waals surface area contributed by atoms with Crippen molar-refractivity contribution in [1.82, 2.24) is 9.88 Å². The number of piperidine rings is 1. The van der Waals surface area contributed by atoms with Crippen LogP contribution >= 0.6 is 0 Å². The third-order valence-corrected chi connectivity index (χ3v) is 10.3. The standard InChI is InChI=1S/C13H25F3N2OSi/c1-12(2,3)20(4,5)18-8-6-7-10(9-18)17-11(19)13(14,15)16/h10H,6-9H2,1-5H3,(H,17,19). The minimum absolute atomic E-state index is 0.142. The lowest BCUT2D eigenvalue weighted by Gasteiger charge is -2.49. The van der Waals surface area contributed by atoms with E-state index in [1.54, 1.807) is 0 Å². The molecule has 0 saturated carbocycles. The van der Waals surface area contributed by atoms with Gasteiger partial charge in [-0.1, -0.05) is 33.9 Å². The van der Waals surface area contributed by atoms with E-state index >= 15 is 0 Å². The molecule has 0 spiro atoms. The van der Waals surface area contributed by atoms with Crippen molar-refractivity contribution in [1.29, 1.82) is 0 Å². The number of alkyl halides is 3. The molecule has 1 heterocycles. The number of rotatable bonds is 2. The number of halogens is 3.